The summed E-state index contributed by atoms with van der Waals surface area (Å²) in [5.74, 6) is -0.394. The van der Waals surface area contributed by atoms with E-state index in [-0.39, 0.29) is 24.0 Å². The first-order chi connectivity index (χ1) is 8.51. The number of unbranched alkanes of at least 4 members (excludes halogenated alkanes) is 1. The summed E-state index contributed by atoms with van der Waals surface area (Å²) in [4.78, 5) is 22.7. The van der Waals surface area contributed by atoms with Gasteiger partial charge in [-0.15, -0.1) is 0 Å². The second-order valence-corrected chi connectivity index (χ2v) is 4.61. The van der Waals surface area contributed by atoms with E-state index in [0.29, 0.717) is 13.0 Å². The van der Waals surface area contributed by atoms with E-state index < -0.39 is 0 Å². The maximum atomic E-state index is 11.6. The van der Waals surface area contributed by atoms with Crippen molar-refractivity contribution in [3.05, 3.63) is 0 Å². The van der Waals surface area contributed by atoms with Gasteiger partial charge in [0.15, 0.2) is 0 Å². The highest BCUT2D eigenvalue weighted by Gasteiger charge is 2.16. The van der Waals surface area contributed by atoms with Gasteiger partial charge in [-0.2, -0.15) is 0 Å². The van der Waals surface area contributed by atoms with E-state index in [4.69, 9.17) is 9.47 Å². The zero-order valence-electron chi connectivity index (χ0n) is 12.0. The van der Waals surface area contributed by atoms with Crippen LogP contribution in [0.4, 0.5) is 0 Å². The third kappa shape index (κ3) is 8.09. The molecule has 0 amide bonds. The predicted octanol–water partition coefficient (Wildman–Crippen LogP) is 3.09. The Morgan fingerprint density at radius 3 is 2.33 bits per heavy atom. The first kappa shape index (κ1) is 16.9. The molecule has 0 radical (unpaired) electrons. The molecule has 4 nitrogen and oxygen atoms in total. The molecule has 0 spiro atoms. The third-order valence-corrected chi connectivity index (χ3v) is 2.87. The molecule has 4 heteroatoms. The Labute approximate surface area is 110 Å². The number of esters is 2. The first-order valence-electron chi connectivity index (χ1n) is 6.87. The molecule has 2 unspecified atom stereocenters. The number of carbonyl (C=O) groups excluding carboxylic acids is 2. The van der Waals surface area contributed by atoms with Crippen molar-refractivity contribution in [1.82, 2.24) is 0 Å². The van der Waals surface area contributed by atoms with Gasteiger partial charge in [-0.25, -0.2) is 0 Å². The number of rotatable bonds is 9. The van der Waals surface area contributed by atoms with Gasteiger partial charge in [-0.05, 0) is 33.1 Å². The summed E-state index contributed by atoms with van der Waals surface area (Å²) in [5, 5.41) is 0. The second kappa shape index (κ2) is 9.92. The zero-order chi connectivity index (χ0) is 14.0. The maximum Gasteiger partial charge on any atom is 0.308 e. The van der Waals surface area contributed by atoms with Crippen LogP contribution in [0.3, 0.4) is 0 Å². The predicted molar refractivity (Wildman–Crippen MR) is 70.1 cm³/mol. The number of ether oxygens (including phenoxy) is 2. The molecule has 0 aliphatic rings. The van der Waals surface area contributed by atoms with Crippen LogP contribution in [-0.2, 0) is 19.1 Å². The van der Waals surface area contributed by atoms with Crippen LogP contribution in [0.2, 0.25) is 0 Å². The minimum Gasteiger partial charge on any atom is -0.466 e. The molecule has 0 bridgehead atoms. The van der Waals surface area contributed by atoms with Crippen LogP contribution < -0.4 is 0 Å². The normalized spacial score (nSPS) is 13.8. The van der Waals surface area contributed by atoms with Crippen LogP contribution in [0.25, 0.3) is 0 Å². The Morgan fingerprint density at radius 1 is 1.11 bits per heavy atom. The lowest BCUT2D eigenvalue weighted by atomic mass is 10.0. The molecule has 0 heterocycles. The molecule has 0 saturated carbocycles. The molecule has 0 rings (SSSR count). The van der Waals surface area contributed by atoms with Gasteiger partial charge in [-0.3, -0.25) is 9.59 Å². The Hall–Kier alpha value is -1.06. The van der Waals surface area contributed by atoms with Gasteiger partial charge < -0.3 is 9.47 Å². The van der Waals surface area contributed by atoms with Gasteiger partial charge in [0.05, 0.1) is 18.6 Å². The highest BCUT2D eigenvalue weighted by molar-refractivity contribution is 5.72. The summed E-state index contributed by atoms with van der Waals surface area (Å²) >= 11 is 0. The van der Waals surface area contributed by atoms with E-state index in [0.717, 1.165) is 25.7 Å². The summed E-state index contributed by atoms with van der Waals surface area (Å²) in [6.45, 7) is 7.98. The lowest BCUT2D eigenvalue weighted by Gasteiger charge is -2.15. The summed E-state index contributed by atoms with van der Waals surface area (Å²) in [6.07, 6.45) is 3.62. The third-order valence-electron chi connectivity index (χ3n) is 2.87. The monoisotopic (exact) mass is 258 g/mol. The second-order valence-electron chi connectivity index (χ2n) is 4.61. The van der Waals surface area contributed by atoms with Gasteiger partial charge >= 0.3 is 11.9 Å². The van der Waals surface area contributed by atoms with Crippen LogP contribution in [0.15, 0.2) is 0 Å². The standard InChI is InChI=1S/C14H26O4/c1-5-12(4)18-14(16)11(3)9-7-8-10-13(15)17-6-2/h11-12H,5-10H2,1-4H3. The molecule has 2 atom stereocenters. The van der Waals surface area contributed by atoms with Crippen molar-refractivity contribution in [2.45, 2.75) is 65.9 Å². The van der Waals surface area contributed by atoms with Gasteiger partial charge in [0, 0.05) is 6.42 Å². The molecule has 0 aliphatic heterocycles. The van der Waals surface area contributed by atoms with Crippen LogP contribution in [0.1, 0.15) is 59.8 Å². The van der Waals surface area contributed by atoms with Crippen molar-refractivity contribution in [3.63, 3.8) is 0 Å². The van der Waals surface area contributed by atoms with E-state index in [1.807, 2.05) is 20.8 Å². The fourth-order valence-electron chi connectivity index (χ4n) is 1.47. The van der Waals surface area contributed by atoms with Crippen LogP contribution in [0.5, 0.6) is 0 Å². The molecule has 0 aliphatic carbocycles. The van der Waals surface area contributed by atoms with Gasteiger partial charge in [0.1, 0.15) is 0 Å². The minimum atomic E-state index is -0.160. The molecule has 0 fully saturated rings. The largest absolute Gasteiger partial charge is 0.466 e. The summed E-state index contributed by atoms with van der Waals surface area (Å²) in [7, 11) is 0. The molecule has 18 heavy (non-hydrogen) atoms. The lowest BCUT2D eigenvalue weighted by molar-refractivity contribution is -0.153. The molecule has 0 N–H and O–H groups in total. The van der Waals surface area contributed by atoms with Crippen molar-refractivity contribution < 1.29 is 19.1 Å². The van der Waals surface area contributed by atoms with E-state index >= 15 is 0 Å². The lowest BCUT2D eigenvalue weighted by Crippen LogP contribution is -2.20. The fourth-order valence-corrected chi connectivity index (χ4v) is 1.47. The molecule has 0 aromatic rings. The van der Waals surface area contributed by atoms with E-state index in [1.165, 1.54) is 0 Å². The van der Waals surface area contributed by atoms with E-state index in [2.05, 4.69) is 0 Å². The molecule has 0 saturated heterocycles. The van der Waals surface area contributed by atoms with Crippen LogP contribution >= 0.6 is 0 Å². The maximum absolute atomic E-state index is 11.6. The SMILES string of the molecule is CCOC(=O)CCCCC(C)C(=O)OC(C)CC. The van der Waals surface area contributed by atoms with Crippen molar-refractivity contribution in [2.75, 3.05) is 6.61 Å². The van der Waals surface area contributed by atoms with Gasteiger partial charge in [0.2, 0.25) is 0 Å². The van der Waals surface area contributed by atoms with Crippen molar-refractivity contribution in [3.8, 4) is 0 Å². The molecule has 0 aromatic carbocycles. The van der Waals surface area contributed by atoms with E-state index in [1.54, 1.807) is 6.92 Å². The van der Waals surface area contributed by atoms with Crippen molar-refractivity contribution >= 4 is 11.9 Å². The first-order valence-corrected chi connectivity index (χ1v) is 6.87. The molecular weight excluding hydrogens is 232 g/mol. The van der Waals surface area contributed by atoms with Gasteiger partial charge in [0.25, 0.3) is 0 Å². The Balaban J connectivity index is 3.66. The Morgan fingerprint density at radius 2 is 1.78 bits per heavy atom. The fraction of sp³-hybridized carbons (Fsp3) is 0.857. The number of hydrogen-bond acceptors (Lipinski definition) is 4. The average molecular weight is 258 g/mol. The summed E-state index contributed by atoms with van der Waals surface area (Å²) < 4.78 is 10.1. The quantitative estimate of drug-likeness (QED) is 0.471. The Bertz CT molecular complexity index is 250. The topological polar surface area (TPSA) is 52.6 Å². The van der Waals surface area contributed by atoms with Crippen LogP contribution in [-0.4, -0.2) is 24.6 Å². The highest BCUT2D eigenvalue weighted by atomic mass is 16.5. The van der Waals surface area contributed by atoms with E-state index in [9.17, 15) is 9.59 Å². The number of carbonyl (C=O) groups is 2. The molecular formula is C14H26O4. The number of hydrogen-bond donors (Lipinski definition) is 0. The van der Waals surface area contributed by atoms with Crippen LogP contribution in [0, 0.1) is 5.92 Å². The average Bonchev–Trinajstić information content (AvgIpc) is 2.34. The van der Waals surface area contributed by atoms with Crippen molar-refractivity contribution in [1.29, 1.82) is 0 Å². The van der Waals surface area contributed by atoms with Crippen molar-refractivity contribution in [2.24, 2.45) is 5.92 Å². The Kier molecular flexibility index (Phi) is 9.33. The molecule has 0 aromatic heterocycles. The molecule has 106 valence electrons. The zero-order valence-corrected chi connectivity index (χ0v) is 12.0. The summed E-state index contributed by atoms with van der Waals surface area (Å²) in [6, 6.07) is 0. The smallest absolute Gasteiger partial charge is 0.308 e. The summed E-state index contributed by atoms with van der Waals surface area (Å²) in [5.41, 5.74) is 0. The highest BCUT2D eigenvalue weighted by Crippen LogP contribution is 2.13. The minimum absolute atomic E-state index is 0.0144. The van der Waals surface area contributed by atoms with Gasteiger partial charge in [-0.1, -0.05) is 20.3 Å².